The maximum atomic E-state index is 3.54. The number of benzene rings is 4. The third-order valence-corrected chi connectivity index (χ3v) is 4.08. The Morgan fingerprint density at radius 3 is 2.09 bits per heavy atom. The van der Waals surface area contributed by atoms with Crippen molar-refractivity contribution in [2.45, 2.75) is 6.92 Å². The average Bonchev–Trinajstić information content (AvgIpc) is 2.55. The van der Waals surface area contributed by atoms with Gasteiger partial charge in [0.05, 0.1) is 0 Å². The third-order valence-electron chi connectivity index (χ3n) is 4.08. The molecular formula is C21H17N. The van der Waals surface area contributed by atoms with Crippen LogP contribution in [-0.2, 0) is 0 Å². The summed E-state index contributed by atoms with van der Waals surface area (Å²) in [6.45, 7) is 2.10. The lowest BCUT2D eigenvalue weighted by atomic mass is 10.0. The fourth-order valence-corrected chi connectivity index (χ4v) is 2.87. The van der Waals surface area contributed by atoms with Gasteiger partial charge in [0.2, 0.25) is 0 Å². The van der Waals surface area contributed by atoms with Crippen molar-refractivity contribution in [2.75, 3.05) is 5.32 Å². The number of rotatable bonds is 2. The minimum absolute atomic E-state index is 1.12. The molecule has 4 aromatic rings. The molecule has 4 aromatic carbocycles. The summed E-state index contributed by atoms with van der Waals surface area (Å²) < 4.78 is 0. The molecule has 0 atom stereocenters. The minimum atomic E-state index is 1.12. The van der Waals surface area contributed by atoms with E-state index < -0.39 is 0 Å². The molecule has 0 saturated carbocycles. The van der Waals surface area contributed by atoms with E-state index in [1.54, 1.807) is 0 Å². The molecule has 0 aliphatic heterocycles. The van der Waals surface area contributed by atoms with Crippen molar-refractivity contribution >= 4 is 32.9 Å². The normalized spacial score (nSPS) is 11.0. The SMILES string of the molecule is Cc1ccc(Nc2cccc3cc4ccccc4cc23)cc1. The van der Waals surface area contributed by atoms with Gasteiger partial charge in [-0.3, -0.25) is 0 Å². The molecule has 1 N–H and O–H groups in total. The molecule has 0 amide bonds. The Morgan fingerprint density at radius 1 is 0.636 bits per heavy atom. The number of fused-ring (bicyclic) bond motifs is 2. The van der Waals surface area contributed by atoms with Crippen LogP contribution in [0, 0.1) is 6.92 Å². The van der Waals surface area contributed by atoms with Gasteiger partial charge in [0.1, 0.15) is 0 Å². The van der Waals surface area contributed by atoms with Crippen molar-refractivity contribution in [2.24, 2.45) is 0 Å². The summed E-state index contributed by atoms with van der Waals surface area (Å²) in [5, 5.41) is 8.60. The molecule has 0 saturated heterocycles. The molecule has 22 heavy (non-hydrogen) atoms. The number of hydrogen-bond donors (Lipinski definition) is 1. The monoisotopic (exact) mass is 283 g/mol. The highest BCUT2D eigenvalue weighted by Gasteiger charge is 2.03. The largest absolute Gasteiger partial charge is 0.355 e. The first-order valence-corrected chi connectivity index (χ1v) is 7.55. The highest BCUT2D eigenvalue weighted by Crippen LogP contribution is 2.30. The molecule has 1 heteroatoms. The highest BCUT2D eigenvalue weighted by molar-refractivity contribution is 6.04. The predicted molar refractivity (Wildman–Crippen MR) is 95.9 cm³/mol. The van der Waals surface area contributed by atoms with Crippen LogP contribution < -0.4 is 5.32 Å². The van der Waals surface area contributed by atoms with Crippen molar-refractivity contribution in [1.29, 1.82) is 0 Å². The van der Waals surface area contributed by atoms with Gasteiger partial charge in [-0.1, -0.05) is 54.1 Å². The van der Waals surface area contributed by atoms with Gasteiger partial charge in [-0.05, 0) is 53.4 Å². The van der Waals surface area contributed by atoms with Gasteiger partial charge in [0, 0.05) is 16.8 Å². The summed E-state index contributed by atoms with van der Waals surface area (Å²) >= 11 is 0. The minimum Gasteiger partial charge on any atom is -0.355 e. The van der Waals surface area contributed by atoms with E-state index in [9.17, 15) is 0 Å². The van der Waals surface area contributed by atoms with Crippen molar-refractivity contribution in [3.05, 3.63) is 84.4 Å². The molecule has 0 radical (unpaired) electrons. The van der Waals surface area contributed by atoms with E-state index in [2.05, 4.69) is 91.1 Å². The molecule has 0 spiro atoms. The summed E-state index contributed by atoms with van der Waals surface area (Å²) in [6.07, 6.45) is 0. The maximum Gasteiger partial charge on any atom is 0.0464 e. The van der Waals surface area contributed by atoms with Crippen LogP contribution in [0.5, 0.6) is 0 Å². The summed E-state index contributed by atoms with van der Waals surface area (Å²) in [5.41, 5.74) is 3.54. The van der Waals surface area contributed by atoms with Crippen LogP contribution in [0.4, 0.5) is 11.4 Å². The Balaban J connectivity index is 1.86. The predicted octanol–water partition coefficient (Wildman–Crippen LogP) is 6.05. The van der Waals surface area contributed by atoms with E-state index in [1.807, 2.05) is 0 Å². The number of nitrogens with one attached hydrogen (secondary N) is 1. The maximum absolute atomic E-state index is 3.54. The Hall–Kier alpha value is -2.80. The molecule has 0 aliphatic carbocycles. The highest BCUT2D eigenvalue weighted by atomic mass is 14.9. The lowest BCUT2D eigenvalue weighted by Crippen LogP contribution is -1.91. The molecule has 0 unspecified atom stereocenters. The Labute approximate surface area is 130 Å². The lowest BCUT2D eigenvalue weighted by molar-refractivity contribution is 1.46. The van der Waals surface area contributed by atoms with Gasteiger partial charge < -0.3 is 5.32 Å². The first kappa shape index (κ1) is 12.9. The van der Waals surface area contributed by atoms with E-state index in [4.69, 9.17) is 0 Å². The summed E-state index contributed by atoms with van der Waals surface area (Å²) in [6, 6.07) is 27.9. The van der Waals surface area contributed by atoms with Gasteiger partial charge in [0.25, 0.3) is 0 Å². The van der Waals surface area contributed by atoms with Crippen molar-refractivity contribution in [1.82, 2.24) is 0 Å². The molecular weight excluding hydrogens is 266 g/mol. The fraction of sp³-hybridized carbons (Fsp3) is 0.0476. The molecule has 1 nitrogen and oxygen atoms in total. The zero-order valence-corrected chi connectivity index (χ0v) is 12.5. The van der Waals surface area contributed by atoms with Crippen LogP contribution in [-0.4, -0.2) is 0 Å². The van der Waals surface area contributed by atoms with E-state index in [1.165, 1.54) is 27.1 Å². The van der Waals surface area contributed by atoms with Gasteiger partial charge in [-0.15, -0.1) is 0 Å². The van der Waals surface area contributed by atoms with Crippen LogP contribution in [0.3, 0.4) is 0 Å². The quantitative estimate of drug-likeness (QED) is 0.442. The molecule has 0 aromatic heterocycles. The van der Waals surface area contributed by atoms with Crippen molar-refractivity contribution in [3.8, 4) is 0 Å². The summed E-state index contributed by atoms with van der Waals surface area (Å²) in [7, 11) is 0. The second-order valence-corrected chi connectivity index (χ2v) is 5.72. The zero-order valence-electron chi connectivity index (χ0n) is 12.5. The number of anilines is 2. The first-order valence-electron chi connectivity index (χ1n) is 7.55. The number of hydrogen-bond acceptors (Lipinski definition) is 1. The van der Waals surface area contributed by atoms with Gasteiger partial charge in [-0.2, -0.15) is 0 Å². The zero-order chi connectivity index (χ0) is 14.9. The van der Waals surface area contributed by atoms with Crippen LogP contribution in [0.15, 0.2) is 78.9 Å². The fourth-order valence-electron chi connectivity index (χ4n) is 2.87. The Bertz CT molecular complexity index is 952. The second-order valence-electron chi connectivity index (χ2n) is 5.72. The molecule has 0 fully saturated rings. The van der Waals surface area contributed by atoms with Crippen LogP contribution >= 0.6 is 0 Å². The van der Waals surface area contributed by atoms with Crippen LogP contribution in [0.1, 0.15) is 5.56 Å². The van der Waals surface area contributed by atoms with Crippen molar-refractivity contribution < 1.29 is 0 Å². The number of aryl methyl sites for hydroxylation is 1. The smallest absolute Gasteiger partial charge is 0.0464 e. The van der Waals surface area contributed by atoms with Gasteiger partial charge in [0.15, 0.2) is 0 Å². The molecule has 4 rings (SSSR count). The molecule has 0 bridgehead atoms. The van der Waals surface area contributed by atoms with Gasteiger partial charge >= 0.3 is 0 Å². The lowest BCUT2D eigenvalue weighted by Gasteiger charge is -2.11. The van der Waals surface area contributed by atoms with E-state index >= 15 is 0 Å². The Morgan fingerprint density at radius 2 is 1.32 bits per heavy atom. The Kier molecular flexibility index (Phi) is 3.05. The topological polar surface area (TPSA) is 12.0 Å². The van der Waals surface area contributed by atoms with Gasteiger partial charge in [-0.25, -0.2) is 0 Å². The molecule has 106 valence electrons. The van der Waals surface area contributed by atoms with Crippen LogP contribution in [0.25, 0.3) is 21.5 Å². The van der Waals surface area contributed by atoms with Crippen LogP contribution in [0.2, 0.25) is 0 Å². The first-order chi connectivity index (χ1) is 10.8. The average molecular weight is 283 g/mol. The second kappa shape index (κ2) is 5.19. The molecule has 0 heterocycles. The summed E-state index contributed by atoms with van der Waals surface area (Å²) in [5.74, 6) is 0. The molecule has 0 aliphatic rings. The summed E-state index contributed by atoms with van der Waals surface area (Å²) in [4.78, 5) is 0. The van der Waals surface area contributed by atoms with E-state index in [0.717, 1.165) is 11.4 Å². The standard InChI is InChI=1S/C21H17N/c1-15-9-11-19(12-10-15)22-21-8-4-7-18-13-16-5-2-3-6-17(16)14-20(18)21/h2-14,22H,1H3. The van der Waals surface area contributed by atoms with E-state index in [-0.39, 0.29) is 0 Å². The third kappa shape index (κ3) is 2.31. The van der Waals surface area contributed by atoms with E-state index in [0.29, 0.717) is 0 Å². The van der Waals surface area contributed by atoms with Crippen molar-refractivity contribution in [3.63, 3.8) is 0 Å².